The van der Waals surface area contributed by atoms with Gasteiger partial charge < -0.3 is 0 Å². The van der Waals surface area contributed by atoms with Gasteiger partial charge in [-0.2, -0.15) is 0 Å². The number of allylic oxidation sites excluding steroid dienone is 1. The maximum atomic E-state index is 12.6. The molecule has 0 aliphatic heterocycles. The van der Waals surface area contributed by atoms with Crippen LogP contribution in [0.5, 0.6) is 0 Å². The third kappa shape index (κ3) is 2.51. The zero-order valence-corrected chi connectivity index (χ0v) is 7.63. The second-order valence-electron chi connectivity index (χ2n) is 2.66. The maximum absolute atomic E-state index is 12.6. The van der Waals surface area contributed by atoms with Gasteiger partial charge in [0, 0.05) is 0 Å². The third-order valence-corrected chi connectivity index (χ3v) is 1.71. The Morgan fingerprint density at radius 3 is 2.54 bits per heavy atom. The Kier molecular flexibility index (Phi) is 3.38. The number of hydrogen-bond acceptors (Lipinski definition) is 1. The van der Waals surface area contributed by atoms with Crippen LogP contribution in [0.2, 0.25) is 0 Å². The SMILES string of the molecule is C=N/C(=C\CC)c1ccc(F)cc1. The van der Waals surface area contributed by atoms with Crippen molar-refractivity contribution in [3.63, 3.8) is 0 Å². The minimum atomic E-state index is -0.233. The summed E-state index contributed by atoms with van der Waals surface area (Å²) in [5, 5.41) is 0. The summed E-state index contributed by atoms with van der Waals surface area (Å²) < 4.78 is 12.6. The van der Waals surface area contributed by atoms with E-state index in [1.165, 1.54) is 12.1 Å². The van der Waals surface area contributed by atoms with E-state index >= 15 is 0 Å². The smallest absolute Gasteiger partial charge is 0.123 e. The van der Waals surface area contributed by atoms with E-state index in [-0.39, 0.29) is 5.82 Å². The van der Waals surface area contributed by atoms with Crippen molar-refractivity contribution >= 4 is 12.4 Å². The summed E-state index contributed by atoms with van der Waals surface area (Å²) in [7, 11) is 0. The van der Waals surface area contributed by atoms with Crippen LogP contribution in [0.1, 0.15) is 18.9 Å². The topological polar surface area (TPSA) is 12.4 Å². The molecule has 0 aliphatic rings. The van der Waals surface area contributed by atoms with Crippen LogP contribution in [0, 0.1) is 5.82 Å². The molecule has 0 heterocycles. The van der Waals surface area contributed by atoms with Crippen LogP contribution in [0.3, 0.4) is 0 Å². The van der Waals surface area contributed by atoms with Crippen LogP contribution in [0.15, 0.2) is 35.3 Å². The molecule has 13 heavy (non-hydrogen) atoms. The molecular weight excluding hydrogens is 165 g/mol. The van der Waals surface area contributed by atoms with Gasteiger partial charge in [-0.05, 0) is 43.0 Å². The van der Waals surface area contributed by atoms with Gasteiger partial charge in [0.15, 0.2) is 0 Å². The second kappa shape index (κ2) is 4.55. The van der Waals surface area contributed by atoms with Gasteiger partial charge in [-0.3, -0.25) is 4.99 Å². The molecule has 0 atom stereocenters. The van der Waals surface area contributed by atoms with Crippen LogP contribution >= 0.6 is 0 Å². The third-order valence-electron chi connectivity index (χ3n) is 1.71. The highest BCUT2D eigenvalue weighted by molar-refractivity contribution is 5.67. The molecule has 1 rings (SSSR count). The lowest BCUT2D eigenvalue weighted by Crippen LogP contribution is -1.81. The van der Waals surface area contributed by atoms with Crippen molar-refractivity contribution in [1.29, 1.82) is 0 Å². The minimum absolute atomic E-state index is 0.233. The van der Waals surface area contributed by atoms with E-state index in [1.54, 1.807) is 12.1 Å². The van der Waals surface area contributed by atoms with Crippen LogP contribution in [-0.2, 0) is 0 Å². The van der Waals surface area contributed by atoms with Crippen LogP contribution < -0.4 is 0 Å². The van der Waals surface area contributed by atoms with Gasteiger partial charge in [-0.1, -0.05) is 13.0 Å². The molecule has 0 aliphatic carbocycles. The Morgan fingerprint density at radius 1 is 1.46 bits per heavy atom. The van der Waals surface area contributed by atoms with Crippen molar-refractivity contribution in [1.82, 2.24) is 0 Å². The first kappa shape index (κ1) is 9.65. The van der Waals surface area contributed by atoms with Gasteiger partial charge >= 0.3 is 0 Å². The van der Waals surface area contributed by atoms with Crippen molar-refractivity contribution in [2.45, 2.75) is 13.3 Å². The van der Waals surface area contributed by atoms with E-state index in [9.17, 15) is 4.39 Å². The number of halogens is 1. The Morgan fingerprint density at radius 2 is 2.08 bits per heavy atom. The van der Waals surface area contributed by atoms with Crippen LogP contribution in [0.4, 0.5) is 4.39 Å². The normalized spacial score (nSPS) is 11.4. The fourth-order valence-electron chi connectivity index (χ4n) is 1.09. The molecule has 0 aromatic heterocycles. The molecule has 68 valence electrons. The molecule has 2 heteroatoms. The first-order valence-electron chi connectivity index (χ1n) is 4.20. The monoisotopic (exact) mass is 177 g/mol. The summed E-state index contributed by atoms with van der Waals surface area (Å²) in [5.74, 6) is -0.233. The maximum Gasteiger partial charge on any atom is 0.123 e. The van der Waals surface area contributed by atoms with Crippen molar-refractivity contribution in [2.75, 3.05) is 0 Å². The second-order valence-corrected chi connectivity index (χ2v) is 2.66. The highest BCUT2D eigenvalue weighted by atomic mass is 19.1. The van der Waals surface area contributed by atoms with Gasteiger partial charge in [0.25, 0.3) is 0 Å². The van der Waals surface area contributed by atoms with E-state index in [4.69, 9.17) is 0 Å². The minimum Gasteiger partial charge on any atom is -0.264 e. The standard InChI is InChI=1S/C11H12FN/c1-3-4-11(13-2)9-5-7-10(12)8-6-9/h4-8H,2-3H2,1H3/b11-4-. The number of rotatable bonds is 3. The van der Waals surface area contributed by atoms with Crippen molar-refractivity contribution < 1.29 is 4.39 Å². The number of benzene rings is 1. The summed E-state index contributed by atoms with van der Waals surface area (Å²) in [6.07, 6.45) is 2.85. The average Bonchev–Trinajstić information content (AvgIpc) is 2.16. The molecule has 1 aromatic carbocycles. The van der Waals surface area contributed by atoms with E-state index in [0.717, 1.165) is 17.7 Å². The summed E-state index contributed by atoms with van der Waals surface area (Å²) in [6.45, 7) is 5.49. The van der Waals surface area contributed by atoms with Gasteiger partial charge in [0.2, 0.25) is 0 Å². The highest BCUT2D eigenvalue weighted by Crippen LogP contribution is 2.16. The fraction of sp³-hybridized carbons (Fsp3) is 0.182. The molecule has 0 fully saturated rings. The molecule has 0 unspecified atom stereocenters. The van der Waals surface area contributed by atoms with E-state index < -0.39 is 0 Å². The summed E-state index contributed by atoms with van der Waals surface area (Å²) in [4.78, 5) is 3.87. The quantitative estimate of drug-likeness (QED) is 0.628. The van der Waals surface area contributed by atoms with Crippen molar-refractivity contribution in [3.8, 4) is 0 Å². The van der Waals surface area contributed by atoms with Gasteiger partial charge in [0.05, 0.1) is 5.70 Å². The first-order valence-corrected chi connectivity index (χ1v) is 4.20. The fourth-order valence-corrected chi connectivity index (χ4v) is 1.09. The van der Waals surface area contributed by atoms with Crippen LogP contribution in [-0.4, -0.2) is 6.72 Å². The van der Waals surface area contributed by atoms with E-state index in [1.807, 2.05) is 13.0 Å². The number of nitrogens with zero attached hydrogens (tertiary/aromatic N) is 1. The summed E-state index contributed by atoms with van der Waals surface area (Å²) >= 11 is 0. The Bertz CT molecular complexity index is 311. The molecular formula is C11H12FN. The van der Waals surface area contributed by atoms with Gasteiger partial charge in [-0.25, -0.2) is 4.39 Å². The van der Waals surface area contributed by atoms with E-state index in [2.05, 4.69) is 11.7 Å². The molecule has 1 nitrogen and oxygen atoms in total. The zero-order chi connectivity index (χ0) is 9.68. The Labute approximate surface area is 77.6 Å². The lowest BCUT2D eigenvalue weighted by molar-refractivity contribution is 0.627. The molecule has 0 spiro atoms. The first-order chi connectivity index (χ1) is 6.27. The molecule has 0 bridgehead atoms. The van der Waals surface area contributed by atoms with Crippen molar-refractivity contribution in [2.24, 2.45) is 4.99 Å². The molecule has 0 saturated heterocycles. The predicted molar refractivity (Wildman–Crippen MR) is 54.2 cm³/mol. The number of aliphatic imine (C=N–C) groups is 1. The van der Waals surface area contributed by atoms with Crippen LogP contribution in [0.25, 0.3) is 5.70 Å². The summed E-state index contributed by atoms with van der Waals surface area (Å²) in [5.41, 5.74) is 1.71. The molecule has 0 saturated carbocycles. The highest BCUT2D eigenvalue weighted by Gasteiger charge is 1.97. The lowest BCUT2D eigenvalue weighted by atomic mass is 10.1. The van der Waals surface area contributed by atoms with Crippen molar-refractivity contribution in [3.05, 3.63) is 41.7 Å². The van der Waals surface area contributed by atoms with E-state index in [0.29, 0.717) is 0 Å². The molecule has 0 N–H and O–H groups in total. The lowest BCUT2D eigenvalue weighted by Gasteiger charge is -2.00. The molecule has 1 aromatic rings. The molecule has 0 radical (unpaired) electrons. The van der Waals surface area contributed by atoms with Gasteiger partial charge in [0.1, 0.15) is 5.82 Å². The number of hydrogen-bond donors (Lipinski definition) is 0. The van der Waals surface area contributed by atoms with Gasteiger partial charge in [-0.15, -0.1) is 0 Å². The Hall–Kier alpha value is -1.44. The predicted octanol–water partition coefficient (Wildman–Crippen LogP) is 3.28. The zero-order valence-electron chi connectivity index (χ0n) is 7.63. The largest absolute Gasteiger partial charge is 0.264 e. The Balaban J connectivity index is 2.99. The molecule has 0 amide bonds. The summed E-state index contributed by atoms with van der Waals surface area (Å²) in [6, 6.07) is 6.24. The average molecular weight is 177 g/mol.